The first kappa shape index (κ1) is 13.9. The number of anilines is 1. The molecular weight excluding hydrogens is 246 g/mol. The van der Waals surface area contributed by atoms with Gasteiger partial charge in [0.25, 0.3) is 0 Å². The van der Waals surface area contributed by atoms with Crippen LogP contribution in [-0.4, -0.2) is 18.7 Å². The lowest BCUT2D eigenvalue weighted by molar-refractivity contribution is 0.173. The molecule has 110 valence electrons. The zero-order valence-corrected chi connectivity index (χ0v) is 12.8. The number of rotatable bonds is 5. The van der Waals surface area contributed by atoms with Gasteiger partial charge < -0.3 is 10.0 Å². The van der Waals surface area contributed by atoms with Crippen LogP contribution in [0.3, 0.4) is 0 Å². The summed E-state index contributed by atoms with van der Waals surface area (Å²) in [6.07, 6.45) is 6.33. The number of nitrogens with zero attached hydrogens (tertiary/aromatic N) is 1. The summed E-state index contributed by atoms with van der Waals surface area (Å²) in [7, 11) is 2.21. The van der Waals surface area contributed by atoms with E-state index in [0.717, 1.165) is 29.7 Å². The lowest BCUT2D eigenvalue weighted by Gasteiger charge is -2.28. The fraction of sp³-hybridized carbons (Fsp3) is 0.667. The molecule has 1 aromatic carbocycles. The Kier molecular flexibility index (Phi) is 4.02. The summed E-state index contributed by atoms with van der Waals surface area (Å²) in [5, 5.41) is 9.85. The molecule has 20 heavy (non-hydrogen) atoms. The smallest absolute Gasteiger partial charge is 0.0787 e. The van der Waals surface area contributed by atoms with Gasteiger partial charge in [0.2, 0.25) is 0 Å². The third-order valence-corrected chi connectivity index (χ3v) is 5.50. The Bertz CT molecular complexity index is 441. The van der Waals surface area contributed by atoms with Crippen molar-refractivity contribution in [2.45, 2.75) is 45.1 Å². The molecule has 2 heteroatoms. The van der Waals surface area contributed by atoms with Crippen LogP contribution in [0.4, 0.5) is 5.69 Å². The van der Waals surface area contributed by atoms with Gasteiger partial charge in [-0.25, -0.2) is 0 Å². The molecule has 0 amide bonds. The van der Waals surface area contributed by atoms with Crippen molar-refractivity contribution >= 4 is 5.69 Å². The van der Waals surface area contributed by atoms with Gasteiger partial charge in [0.1, 0.15) is 0 Å². The van der Waals surface area contributed by atoms with Crippen molar-refractivity contribution in [1.82, 2.24) is 0 Å². The Balaban J connectivity index is 1.61. The Hall–Kier alpha value is -1.02. The predicted molar refractivity (Wildman–Crippen MR) is 83.9 cm³/mol. The van der Waals surface area contributed by atoms with E-state index in [2.05, 4.69) is 36.2 Å². The second-order valence-corrected chi connectivity index (χ2v) is 6.83. The Morgan fingerprint density at radius 2 is 1.95 bits per heavy atom. The number of benzene rings is 1. The SMILES string of the molecule is CC[C@@H](O)c1ccc(N(C)CC2CC3CCC2C3)cc1. The van der Waals surface area contributed by atoms with Crippen molar-refractivity contribution in [2.75, 3.05) is 18.5 Å². The molecule has 0 spiro atoms. The predicted octanol–water partition coefficient (Wildman–Crippen LogP) is 4.00. The third-order valence-electron chi connectivity index (χ3n) is 5.50. The monoisotopic (exact) mass is 273 g/mol. The molecule has 3 unspecified atom stereocenters. The van der Waals surface area contributed by atoms with Gasteiger partial charge >= 0.3 is 0 Å². The maximum absolute atomic E-state index is 9.85. The molecule has 2 saturated carbocycles. The summed E-state index contributed by atoms with van der Waals surface area (Å²) in [6, 6.07) is 8.45. The molecule has 0 heterocycles. The minimum atomic E-state index is -0.320. The lowest BCUT2D eigenvalue weighted by atomic mass is 9.88. The third kappa shape index (κ3) is 2.71. The van der Waals surface area contributed by atoms with Gasteiger partial charge in [0.05, 0.1) is 6.10 Å². The van der Waals surface area contributed by atoms with Gasteiger partial charge in [-0.1, -0.05) is 25.5 Å². The molecule has 3 rings (SSSR count). The van der Waals surface area contributed by atoms with Crippen LogP contribution in [0.25, 0.3) is 0 Å². The second kappa shape index (κ2) is 5.77. The molecule has 1 aromatic rings. The molecule has 0 aromatic heterocycles. The van der Waals surface area contributed by atoms with Crippen LogP contribution in [0.2, 0.25) is 0 Å². The highest BCUT2D eigenvalue weighted by molar-refractivity contribution is 5.47. The first-order valence-corrected chi connectivity index (χ1v) is 8.16. The normalized spacial score (nSPS) is 29.6. The fourth-order valence-corrected chi connectivity index (χ4v) is 4.24. The van der Waals surface area contributed by atoms with Crippen LogP contribution in [-0.2, 0) is 0 Å². The summed E-state index contributed by atoms with van der Waals surface area (Å²) in [4.78, 5) is 2.40. The number of hydrogen-bond acceptors (Lipinski definition) is 2. The molecule has 1 N–H and O–H groups in total. The Morgan fingerprint density at radius 1 is 1.20 bits per heavy atom. The van der Waals surface area contributed by atoms with E-state index in [4.69, 9.17) is 0 Å². The molecule has 2 aliphatic carbocycles. The van der Waals surface area contributed by atoms with Gasteiger partial charge in [-0.15, -0.1) is 0 Å². The minimum Gasteiger partial charge on any atom is -0.388 e. The van der Waals surface area contributed by atoms with E-state index in [0.29, 0.717) is 0 Å². The summed E-state index contributed by atoms with van der Waals surface area (Å²) >= 11 is 0. The Morgan fingerprint density at radius 3 is 2.50 bits per heavy atom. The molecule has 2 aliphatic rings. The second-order valence-electron chi connectivity index (χ2n) is 6.83. The number of aliphatic hydroxyl groups excluding tert-OH is 1. The highest BCUT2D eigenvalue weighted by Crippen LogP contribution is 2.48. The van der Waals surface area contributed by atoms with E-state index in [1.807, 2.05) is 6.92 Å². The average molecular weight is 273 g/mol. The van der Waals surface area contributed by atoms with Crippen LogP contribution < -0.4 is 4.90 Å². The summed E-state index contributed by atoms with van der Waals surface area (Å²) in [5.74, 6) is 2.92. The van der Waals surface area contributed by atoms with Crippen LogP contribution in [0.15, 0.2) is 24.3 Å². The van der Waals surface area contributed by atoms with E-state index in [-0.39, 0.29) is 6.10 Å². The topological polar surface area (TPSA) is 23.5 Å². The molecule has 0 aliphatic heterocycles. The largest absolute Gasteiger partial charge is 0.388 e. The number of aliphatic hydroxyl groups is 1. The van der Waals surface area contributed by atoms with Gasteiger partial charge in [0, 0.05) is 19.3 Å². The maximum Gasteiger partial charge on any atom is 0.0787 e. The van der Waals surface area contributed by atoms with E-state index >= 15 is 0 Å². The standard InChI is InChI=1S/C18H27NO/c1-3-18(20)14-6-8-17(9-7-14)19(2)12-16-11-13-4-5-15(16)10-13/h6-9,13,15-16,18,20H,3-5,10-12H2,1-2H3/t13?,15?,16?,18-/m1/s1. The first-order valence-electron chi connectivity index (χ1n) is 8.16. The number of fused-ring (bicyclic) bond motifs is 2. The van der Waals surface area contributed by atoms with Crippen molar-refractivity contribution < 1.29 is 5.11 Å². The van der Waals surface area contributed by atoms with E-state index in [1.54, 1.807) is 0 Å². The van der Waals surface area contributed by atoms with E-state index in [1.165, 1.54) is 37.9 Å². The molecule has 2 nitrogen and oxygen atoms in total. The Labute approximate surface area is 122 Å². The number of hydrogen-bond donors (Lipinski definition) is 1. The zero-order valence-electron chi connectivity index (χ0n) is 12.8. The van der Waals surface area contributed by atoms with Crippen LogP contribution >= 0.6 is 0 Å². The van der Waals surface area contributed by atoms with Crippen LogP contribution in [0.5, 0.6) is 0 Å². The average Bonchev–Trinajstić information content (AvgIpc) is 3.09. The molecular formula is C18H27NO. The van der Waals surface area contributed by atoms with Crippen LogP contribution in [0.1, 0.15) is 50.7 Å². The molecule has 2 bridgehead atoms. The minimum absolute atomic E-state index is 0.320. The first-order chi connectivity index (χ1) is 9.67. The highest BCUT2D eigenvalue weighted by atomic mass is 16.3. The molecule has 0 radical (unpaired) electrons. The molecule has 0 saturated heterocycles. The van der Waals surface area contributed by atoms with Crippen molar-refractivity contribution in [3.8, 4) is 0 Å². The zero-order chi connectivity index (χ0) is 14.1. The van der Waals surface area contributed by atoms with Crippen molar-refractivity contribution in [2.24, 2.45) is 17.8 Å². The quantitative estimate of drug-likeness (QED) is 0.876. The van der Waals surface area contributed by atoms with Gasteiger partial charge in [-0.2, -0.15) is 0 Å². The van der Waals surface area contributed by atoms with Crippen molar-refractivity contribution in [1.29, 1.82) is 0 Å². The van der Waals surface area contributed by atoms with Crippen molar-refractivity contribution in [3.63, 3.8) is 0 Å². The van der Waals surface area contributed by atoms with E-state index < -0.39 is 0 Å². The summed E-state index contributed by atoms with van der Waals surface area (Å²) in [5.41, 5.74) is 2.31. The van der Waals surface area contributed by atoms with Crippen molar-refractivity contribution in [3.05, 3.63) is 29.8 Å². The van der Waals surface area contributed by atoms with E-state index in [9.17, 15) is 5.11 Å². The molecule has 4 atom stereocenters. The highest BCUT2D eigenvalue weighted by Gasteiger charge is 2.39. The summed E-state index contributed by atoms with van der Waals surface area (Å²) < 4.78 is 0. The lowest BCUT2D eigenvalue weighted by Crippen LogP contribution is -2.28. The summed E-state index contributed by atoms with van der Waals surface area (Å²) in [6.45, 7) is 3.21. The maximum atomic E-state index is 9.85. The van der Waals surface area contributed by atoms with Crippen LogP contribution in [0, 0.1) is 17.8 Å². The fourth-order valence-electron chi connectivity index (χ4n) is 4.24. The van der Waals surface area contributed by atoms with Gasteiger partial charge in [-0.05, 0) is 61.1 Å². The van der Waals surface area contributed by atoms with Gasteiger partial charge in [0.15, 0.2) is 0 Å². The van der Waals surface area contributed by atoms with Gasteiger partial charge in [-0.3, -0.25) is 0 Å². The molecule has 2 fully saturated rings.